The van der Waals surface area contributed by atoms with Crippen LogP contribution < -0.4 is 10.5 Å². The van der Waals surface area contributed by atoms with Crippen LogP contribution in [0.3, 0.4) is 0 Å². The molecule has 0 aliphatic rings. The predicted octanol–water partition coefficient (Wildman–Crippen LogP) is 2.63. The zero-order valence-corrected chi connectivity index (χ0v) is 11.5. The van der Waals surface area contributed by atoms with Crippen LogP contribution in [0, 0.1) is 6.92 Å². The number of ether oxygens (including phenoxy) is 1. The molecule has 3 N–H and O–H groups in total. The zero-order chi connectivity index (χ0) is 13.0. The molecule has 0 bridgehead atoms. The molecule has 0 spiro atoms. The van der Waals surface area contributed by atoms with Crippen molar-refractivity contribution in [2.45, 2.75) is 25.8 Å². The first-order valence-corrected chi connectivity index (χ1v) is 6.06. The van der Waals surface area contributed by atoms with Crippen molar-refractivity contribution in [1.29, 1.82) is 0 Å². The van der Waals surface area contributed by atoms with Gasteiger partial charge in [0.05, 0.1) is 7.11 Å². The lowest BCUT2D eigenvalue weighted by Gasteiger charge is -2.17. The Morgan fingerprint density at radius 3 is 2.76 bits per heavy atom. The Morgan fingerprint density at radius 1 is 1.59 bits per heavy atom. The molecule has 1 unspecified atom stereocenters. The van der Waals surface area contributed by atoms with E-state index < -0.39 is 5.97 Å². The number of carbonyl (C=O) groups is 1. The van der Waals surface area contributed by atoms with E-state index in [0.29, 0.717) is 6.42 Å². The Bertz CT molecular complexity index is 420. The van der Waals surface area contributed by atoms with Crippen LogP contribution in [0.5, 0.6) is 5.75 Å². The lowest BCUT2D eigenvalue weighted by Crippen LogP contribution is -2.14. The van der Waals surface area contributed by atoms with Gasteiger partial charge in [0.25, 0.3) is 0 Å². The van der Waals surface area contributed by atoms with E-state index in [9.17, 15) is 4.79 Å². The highest BCUT2D eigenvalue weighted by molar-refractivity contribution is 9.10. The molecule has 1 aromatic carbocycles. The third-order valence-corrected chi connectivity index (χ3v) is 3.00. The Kier molecular flexibility index (Phi) is 4.96. The second kappa shape index (κ2) is 6.02. The maximum absolute atomic E-state index is 10.5. The Labute approximate surface area is 109 Å². The number of aryl methyl sites for hydroxylation is 1. The minimum atomic E-state index is -0.842. The van der Waals surface area contributed by atoms with Gasteiger partial charge in [-0.2, -0.15) is 0 Å². The number of carboxylic acid groups (broad SMARTS) is 1. The van der Waals surface area contributed by atoms with E-state index in [2.05, 4.69) is 15.9 Å². The van der Waals surface area contributed by atoms with Crippen LogP contribution in [0.25, 0.3) is 0 Å². The van der Waals surface area contributed by atoms with Crippen molar-refractivity contribution >= 4 is 21.9 Å². The summed E-state index contributed by atoms with van der Waals surface area (Å²) in [6, 6.07) is 3.47. The molecular formula is C12H16BrNO3. The number of rotatable bonds is 5. The fraction of sp³-hybridized carbons (Fsp3) is 0.417. The van der Waals surface area contributed by atoms with Crippen LogP contribution in [0.4, 0.5) is 0 Å². The maximum atomic E-state index is 10.5. The smallest absolute Gasteiger partial charge is 0.303 e. The molecule has 0 aromatic heterocycles. The molecule has 17 heavy (non-hydrogen) atoms. The molecule has 1 atom stereocenters. The molecule has 0 amide bonds. The summed E-state index contributed by atoms with van der Waals surface area (Å²) >= 11 is 3.40. The first kappa shape index (κ1) is 14.0. The molecule has 1 aromatic rings. The van der Waals surface area contributed by atoms with Gasteiger partial charge in [-0.3, -0.25) is 4.79 Å². The van der Waals surface area contributed by atoms with Gasteiger partial charge in [0, 0.05) is 22.5 Å². The van der Waals surface area contributed by atoms with Crippen molar-refractivity contribution in [2.75, 3.05) is 7.11 Å². The average molecular weight is 302 g/mol. The van der Waals surface area contributed by atoms with Crippen LogP contribution in [0.15, 0.2) is 16.6 Å². The summed E-state index contributed by atoms with van der Waals surface area (Å²) in [4.78, 5) is 10.5. The summed E-state index contributed by atoms with van der Waals surface area (Å²) in [5.41, 5.74) is 7.80. The summed E-state index contributed by atoms with van der Waals surface area (Å²) < 4.78 is 6.22. The number of halogens is 1. The van der Waals surface area contributed by atoms with E-state index in [4.69, 9.17) is 15.6 Å². The van der Waals surface area contributed by atoms with Crippen molar-refractivity contribution in [3.05, 3.63) is 27.7 Å². The van der Waals surface area contributed by atoms with Gasteiger partial charge >= 0.3 is 5.97 Å². The molecule has 0 saturated heterocycles. The van der Waals surface area contributed by atoms with E-state index in [-0.39, 0.29) is 12.5 Å². The number of methoxy groups -OCH3 is 1. The Balaban J connectivity index is 2.98. The van der Waals surface area contributed by atoms with E-state index in [1.807, 2.05) is 19.1 Å². The molecule has 5 heteroatoms. The van der Waals surface area contributed by atoms with Gasteiger partial charge in [-0.1, -0.05) is 15.9 Å². The second-order valence-corrected chi connectivity index (χ2v) is 4.80. The van der Waals surface area contributed by atoms with Crippen LogP contribution in [0.2, 0.25) is 0 Å². The van der Waals surface area contributed by atoms with Gasteiger partial charge in [0.1, 0.15) is 5.75 Å². The number of aliphatic carboxylic acids is 1. The molecule has 0 fully saturated rings. The van der Waals surface area contributed by atoms with Crippen molar-refractivity contribution in [3.63, 3.8) is 0 Å². The summed E-state index contributed by atoms with van der Waals surface area (Å²) in [5.74, 6) is -0.114. The fourth-order valence-electron chi connectivity index (χ4n) is 1.74. The molecule has 0 heterocycles. The second-order valence-electron chi connectivity index (χ2n) is 3.88. The molecule has 0 radical (unpaired) electrons. The van der Waals surface area contributed by atoms with Crippen molar-refractivity contribution in [1.82, 2.24) is 0 Å². The Hall–Kier alpha value is -1.07. The molecule has 0 aliphatic carbocycles. The van der Waals surface area contributed by atoms with Gasteiger partial charge in [-0.05, 0) is 31.0 Å². The fourth-order valence-corrected chi connectivity index (χ4v) is 2.33. The summed E-state index contributed by atoms with van der Waals surface area (Å²) in [7, 11) is 1.59. The normalized spacial score (nSPS) is 12.2. The molecule has 0 saturated carbocycles. The topological polar surface area (TPSA) is 72.5 Å². The van der Waals surface area contributed by atoms with Gasteiger partial charge in [-0.25, -0.2) is 0 Å². The third kappa shape index (κ3) is 3.71. The molecule has 1 rings (SSSR count). The SMILES string of the molecule is COc1c(C)cc(Br)cc1C(N)CCC(=O)O. The van der Waals surface area contributed by atoms with Crippen molar-refractivity contribution in [2.24, 2.45) is 5.73 Å². The Morgan fingerprint density at radius 2 is 2.24 bits per heavy atom. The summed E-state index contributed by atoms with van der Waals surface area (Å²) in [6.07, 6.45) is 0.442. The first-order chi connectivity index (χ1) is 7.95. The summed E-state index contributed by atoms with van der Waals surface area (Å²) in [5, 5.41) is 8.65. The number of benzene rings is 1. The molecule has 0 aliphatic heterocycles. The van der Waals surface area contributed by atoms with E-state index >= 15 is 0 Å². The third-order valence-electron chi connectivity index (χ3n) is 2.54. The van der Waals surface area contributed by atoms with Crippen LogP contribution in [0.1, 0.15) is 30.0 Å². The maximum Gasteiger partial charge on any atom is 0.303 e. The van der Waals surface area contributed by atoms with Gasteiger partial charge in [-0.15, -0.1) is 0 Å². The first-order valence-electron chi connectivity index (χ1n) is 5.27. The van der Waals surface area contributed by atoms with Crippen molar-refractivity contribution < 1.29 is 14.6 Å². The average Bonchev–Trinajstić information content (AvgIpc) is 2.24. The van der Waals surface area contributed by atoms with E-state index in [0.717, 1.165) is 21.3 Å². The highest BCUT2D eigenvalue weighted by Crippen LogP contribution is 2.32. The lowest BCUT2D eigenvalue weighted by molar-refractivity contribution is -0.137. The highest BCUT2D eigenvalue weighted by atomic mass is 79.9. The standard InChI is InChI=1S/C12H16BrNO3/c1-7-5-8(13)6-9(12(7)17-2)10(14)3-4-11(15)16/h5-6,10H,3-4,14H2,1-2H3,(H,15,16). The van der Waals surface area contributed by atoms with Gasteiger partial charge in [0.15, 0.2) is 0 Å². The lowest BCUT2D eigenvalue weighted by atomic mass is 9.99. The number of nitrogens with two attached hydrogens (primary N) is 1. The number of hydrogen-bond donors (Lipinski definition) is 2. The molecule has 94 valence electrons. The molecule has 4 nitrogen and oxygen atoms in total. The van der Waals surface area contributed by atoms with Gasteiger partial charge in [0.2, 0.25) is 0 Å². The minimum Gasteiger partial charge on any atom is -0.496 e. The van der Waals surface area contributed by atoms with Crippen LogP contribution >= 0.6 is 15.9 Å². The summed E-state index contributed by atoms with van der Waals surface area (Å²) in [6.45, 7) is 1.93. The highest BCUT2D eigenvalue weighted by Gasteiger charge is 2.16. The number of carboxylic acids is 1. The van der Waals surface area contributed by atoms with E-state index in [1.54, 1.807) is 7.11 Å². The van der Waals surface area contributed by atoms with Crippen molar-refractivity contribution in [3.8, 4) is 5.75 Å². The quantitative estimate of drug-likeness (QED) is 0.877. The van der Waals surface area contributed by atoms with Gasteiger partial charge < -0.3 is 15.6 Å². The van der Waals surface area contributed by atoms with Crippen LogP contribution in [-0.2, 0) is 4.79 Å². The predicted molar refractivity (Wildman–Crippen MR) is 69.2 cm³/mol. The van der Waals surface area contributed by atoms with Crippen LogP contribution in [-0.4, -0.2) is 18.2 Å². The zero-order valence-electron chi connectivity index (χ0n) is 9.87. The monoisotopic (exact) mass is 301 g/mol. The van der Waals surface area contributed by atoms with E-state index in [1.165, 1.54) is 0 Å². The largest absolute Gasteiger partial charge is 0.496 e. The number of hydrogen-bond acceptors (Lipinski definition) is 3. The minimum absolute atomic E-state index is 0.0515. The molecular weight excluding hydrogens is 286 g/mol.